The number of carbonyl (C=O) groups is 1. The molecule has 0 aliphatic rings. The molecule has 2 heterocycles. The summed E-state index contributed by atoms with van der Waals surface area (Å²) in [6.45, 7) is 8.48. The van der Waals surface area contributed by atoms with Gasteiger partial charge < -0.3 is 5.11 Å². The zero-order valence-corrected chi connectivity index (χ0v) is 13.5. The van der Waals surface area contributed by atoms with Crippen molar-refractivity contribution in [2.75, 3.05) is 0 Å². The first-order valence-electron chi connectivity index (χ1n) is 6.80. The second-order valence-electron chi connectivity index (χ2n) is 4.95. The van der Waals surface area contributed by atoms with Gasteiger partial charge in [-0.15, -0.1) is 0 Å². The molecule has 0 saturated carbocycles. The van der Waals surface area contributed by atoms with Gasteiger partial charge in [-0.2, -0.15) is 5.10 Å². The number of aryl methyl sites for hydroxylation is 4. The number of hydrogen-bond donors (Lipinski definition) is 1. The number of carboxylic acids is 1. The van der Waals surface area contributed by atoms with E-state index in [9.17, 15) is 9.90 Å². The first-order valence-corrected chi connectivity index (χ1v) is 7.78. The Balaban J connectivity index is 2.29. The van der Waals surface area contributed by atoms with Gasteiger partial charge in [0.1, 0.15) is 5.03 Å². The van der Waals surface area contributed by atoms with Crippen molar-refractivity contribution in [1.82, 2.24) is 14.8 Å². The Morgan fingerprint density at radius 1 is 1.29 bits per heavy atom. The molecule has 0 radical (unpaired) electrons. The quantitative estimate of drug-likeness (QED) is 0.859. The Kier molecular flexibility index (Phi) is 4.67. The number of carboxylic acid groups (broad SMARTS) is 1. The molecule has 5 nitrogen and oxygen atoms in total. The third-order valence-electron chi connectivity index (χ3n) is 3.17. The molecule has 0 atom stereocenters. The molecule has 0 saturated heterocycles. The highest BCUT2D eigenvalue weighted by Crippen LogP contribution is 2.27. The zero-order valence-electron chi connectivity index (χ0n) is 12.7. The number of rotatable bonds is 5. The minimum absolute atomic E-state index is 0.296. The van der Waals surface area contributed by atoms with E-state index in [1.807, 2.05) is 38.4 Å². The van der Waals surface area contributed by atoms with E-state index in [4.69, 9.17) is 0 Å². The normalized spacial score (nSPS) is 10.9. The maximum atomic E-state index is 11.4. The van der Waals surface area contributed by atoms with Crippen LogP contribution in [0.3, 0.4) is 0 Å². The van der Waals surface area contributed by atoms with Gasteiger partial charge in [0.05, 0.1) is 11.3 Å². The minimum Gasteiger partial charge on any atom is -0.478 e. The Labute approximate surface area is 128 Å². The van der Waals surface area contributed by atoms with Crippen molar-refractivity contribution in [2.45, 2.75) is 45.0 Å². The lowest BCUT2D eigenvalue weighted by Gasteiger charge is -2.10. The first-order chi connectivity index (χ1) is 9.92. The van der Waals surface area contributed by atoms with E-state index in [0.717, 1.165) is 29.2 Å². The van der Waals surface area contributed by atoms with Crippen molar-refractivity contribution >= 4 is 17.7 Å². The summed E-state index contributed by atoms with van der Waals surface area (Å²) in [6.07, 6.45) is 0. The van der Waals surface area contributed by atoms with Gasteiger partial charge in [0.15, 0.2) is 0 Å². The Morgan fingerprint density at radius 2 is 2.00 bits per heavy atom. The van der Waals surface area contributed by atoms with Crippen LogP contribution in [-0.4, -0.2) is 25.8 Å². The summed E-state index contributed by atoms with van der Waals surface area (Å²) in [7, 11) is 0. The van der Waals surface area contributed by atoms with Gasteiger partial charge in [0, 0.05) is 23.7 Å². The van der Waals surface area contributed by atoms with E-state index in [1.54, 1.807) is 6.07 Å². The monoisotopic (exact) mass is 305 g/mol. The Hall–Kier alpha value is -1.82. The Bertz CT molecular complexity index is 680. The maximum absolute atomic E-state index is 11.4. The largest absolute Gasteiger partial charge is 0.478 e. The molecule has 0 bridgehead atoms. The van der Waals surface area contributed by atoms with Crippen LogP contribution in [0.1, 0.15) is 39.9 Å². The molecular formula is C15H19N3O2S. The van der Waals surface area contributed by atoms with E-state index in [2.05, 4.69) is 10.1 Å². The predicted octanol–water partition coefficient (Wildman–Crippen LogP) is 3.21. The molecule has 2 aromatic rings. The first kappa shape index (κ1) is 15.6. The standard InChI is InChI=1S/C15H19N3O2S/c1-5-18-12(7-11(4)17-18)8-21-14-13(15(19)20)9(2)6-10(3)16-14/h6-7H,5,8H2,1-4H3,(H,19,20). The summed E-state index contributed by atoms with van der Waals surface area (Å²) < 4.78 is 1.94. The fourth-order valence-corrected chi connectivity index (χ4v) is 3.42. The molecule has 0 aliphatic carbocycles. The molecule has 0 amide bonds. The van der Waals surface area contributed by atoms with E-state index in [1.165, 1.54) is 11.8 Å². The molecule has 0 aliphatic heterocycles. The zero-order chi connectivity index (χ0) is 15.6. The molecule has 21 heavy (non-hydrogen) atoms. The Morgan fingerprint density at radius 3 is 2.62 bits per heavy atom. The van der Waals surface area contributed by atoms with Crippen molar-refractivity contribution in [2.24, 2.45) is 0 Å². The van der Waals surface area contributed by atoms with Gasteiger partial charge in [0.2, 0.25) is 0 Å². The summed E-state index contributed by atoms with van der Waals surface area (Å²) in [5.41, 5.74) is 3.93. The highest BCUT2D eigenvalue weighted by atomic mass is 32.2. The third kappa shape index (κ3) is 3.44. The lowest BCUT2D eigenvalue weighted by molar-refractivity contribution is 0.0691. The van der Waals surface area contributed by atoms with Crippen LogP contribution in [0, 0.1) is 20.8 Å². The van der Waals surface area contributed by atoms with Gasteiger partial charge in [-0.05, 0) is 45.4 Å². The molecule has 0 spiro atoms. The van der Waals surface area contributed by atoms with E-state index in [0.29, 0.717) is 16.3 Å². The predicted molar refractivity (Wildman–Crippen MR) is 82.9 cm³/mol. The van der Waals surface area contributed by atoms with Crippen LogP contribution >= 0.6 is 11.8 Å². The summed E-state index contributed by atoms with van der Waals surface area (Å²) in [6, 6.07) is 3.83. The number of aromatic nitrogens is 3. The number of aromatic carboxylic acids is 1. The SMILES string of the molecule is CCn1nc(C)cc1CSc1nc(C)cc(C)c1C(=O)O. The summed E-state index contributed by atoms with van der Waals surface area (Å²) in [5.74, 6) is -0.270. The van der Waals surface area contributed by atoms with Crippen molar-refractivity contribution in [3.05, 3.63) is 40.3 Å². The molecule has 6 heteroatoms. The summed E-state index contributed by atoms with van der Waals surface area (Å²) in [5, 5.41) is 14.3. The minimum atomic E-state index is -0.928. The lowest BCUT2D eigenvalue weighted by Crippen LogP contribution is -2.06. The van der Waals surface area contributed by atoms with E-state index in [-0.39, 0.29) is 0 Å². The van der Waals surface area contributed by atoms with Gasteiger partial charge >= 0.3 is 5.97 Å². The van der Waals surface area contributed by atoms with Crippen molar-refractivity contribution < 1.29 is 9.90 Å². The van der Waals surface area contributed by atoms with Crippen molar-refractivity contribution in [3.63, 3.8) is 0 Å². The fourth-order valence-electron chi connectivity index (χ4n) is 2.30. The molecule has 112 valence electrons. The molecule has 1 N–H and O–H groups in total. The second-order valence-corrected chi connectivity index (χ2v) is 5.91. The molecule has 2 aromatic heterocycles. The van der Waals surface area contributed by atoms with Crippen LogP contribution in [-0.2, 0) is 12.3 Å². The van der Waals surface area contributed by atoms with E-state index < -0.39 is 5.97 Å². The average molecular weight is 305 g/mol. The number of hydrogen-bond acceptors (Lipinski definition) is 4. The molecule has 0 fully saturated rings. The van der Waals surface area contributed by atoms with Crippen LogP contribution in [0.4, 0.5) is 0 Å². The second kappa shape index (κ2) is 6.30. The van der Waals surface area contributed by atoms with Crippen LogP contribution in [0.15, 0.2) is 17.2 Å². The smallest absolute Gasteiger partial charge is 0.338 e. The van der Waals surface area contributed by atoms with Gasteiger partial charge in [-0.25, -0.2) is 9.78 Å². The summed E-state index contributed by atoms with van der Waals surface area (Å²) in [4.78, 5) is 15.8. The lowest BCUT2D eigenvalue weighted by atomic mass is 10.1. The number of thioether (sulfide) groups is 1. The van der Waals surface area contributed by atoms with Crippen LogP contribution < -0.4 is 0 Å². The maximum Gasteiger partial charge on any atom is 0.338 e. The molecule has 2 rings (SSSR count). The van der Waals surface area contributed by atoms with Crippen LogP contribution in [0.5, 0.6) is 0 Å². The molecular weight excluding hydrogens is 286 g/mol. The van der Waals surface area contributed by atoms with Crippen LogP contribution in [0.2, 0.25) is 0 Å². The number of nitrogens with zero attached hydrogens (tertiary/aromatic N) is 3. The van der Waals surface area contributed by atoms with Crippen LogP contribution in [0.25, 0.3) is 0 Å². The average Bonchev–Trinajstić information content (AvgIpc) is 2.75. The van der Waals surface area contributed by atoms with E-state index >= 15 is 0 Å². The molecule has 0 aromatic carbocycles. The molecule has 0 unspecified atom stereocenters. The summed E-state index contributed by atoms with van der Waals surface area (Å²) >= 11 is 1.45. The fraction of sp³-hybridized carbons (Fsp3) is 0.400. The van der Waals surface area contributed by atoms with Gasteiger partial charge in [-0.1, -0.05) is 11.8 Å². The highest BCUT2D eigenvalue weighted by molar-refractivity contribution is 7.98. The van der Waals surface area contributed by atoms with Gasteiger partial charge in [-0.3, -0.25) is 4.68 Å². The van der Waals surface area contributed by atoms with Gasteiger partial charge in [0.25, 0.3) is 0 Å². The third-order valence-corrected chi connectivity index (χ3v) is 4.18. The topological polar surface area (TPSA) is 68.0 Å². The van der Waals surface area contributed by atoms with Crippen molar-refractivity contribution in [1.29, 1.82) is 0 Å². The highest BCUT2D eigenvalue weighted by Gasteiger charge is 2.17. The van der Waals surface area contributed by atoms with Crippen molar-refractivity contribution in [3.8, 4) is 0 Å². The number of pyridine rings is 1.